The fraction of sp³-hybridized carbons (Fsp3) is 0.368. The summed E-state index contributed by atoms with van der Waals surface area (Å²) in [6, 6.07) is 14.0. The van der Waals surface area contributed by atoms with Crippen LogP contribution in [0.1, 0.15) is 42.1 Å². The summed E-state index contributed by atoms with van der Waals surface area (Å²) in [7, 11) is 0. The Morgan fingerprint density at radius 3 is 2.35 bits per heavy atom. The standard InChI is InChI=1S/C19H23N/c1-5-20(6-2)19-16-10-8-7-9-15(16)17-12-13(3)11-14(4)18(17)19/h7-12,19H,5-6H2,1-4H3. The van der Waals surface area contributed by atoms with Crippen LogP contribution >= 0.6 is 0 Å². The van der Waals surface area contributed by atoms with E-state index in [4.69, 9.17) is 0 Å². The molecule has 2 aromatic rings. The number of hydrogen-bond acceptors (Lipinski definition) is 1. The lowest BCUT2D eigenvalue weighted by atomic mass is 9.96. The van der Waals surface area contributed by atoms with Crippen molar-refractivity contribution in [1.82, 2.24) is 4.90 Å². The van der Waals surface area contributed by atoms with Gasteiger partial charge in [-0.3, -0.25) is 4.90 Å². The van der Waals surface area contributed by atoms with Gasteiger partial charge in [0.2, 0.25) is 0 Å². The molecule has 1 aliphatic carbocycles. The molecule has 104 valence electrons. The highest BCUT2D eigenvalue weighted by Crippen LogP contribution is 2.47. The first kappa shape index (κ1) is 13.4. The van der Waals surface area contributed by atoms with E-state index in [2.05, 4.69) is 69.0 Å². The zero-order chi connectivity index (χ0) is 14.3. The van der Waals surface area contributed by atoms with Gasteiger partial charge in [-0.2, -0.15) is 0 Å². The SMILES string of the molecule is CCN(CC)C1c2ccccc2-c2cc(C)cc(C)c21. The summed E-state index contributed by atoms with van der Waals surface area (Å²) in [5.74, 6) is 0. The largest absolute Gasteiger partial charge is 0.293 e. The Morgan fingerprint density at radius 1 is 0.950 bits per heavy atom. The van der Waals surface area contributed by atoms with Crippen LogP contribution in [0.5, 0.6) is 0 Å². The minimum absolute atomic E-state index is 0.428. The summed E-state index contributed by atoms with van der Waals surface area (Å²) >= 11 is 0. The fourth-order valence-electron chi connectivity index (χ4n) is 3.67. The summed E-state index contributed by atoms with van der Waals surface area (Å²) in [5, 5.41) is 0. The average Bonchev–Trinajstić information content (AvgIpc) is 2.76. The van der Waals surface area contributed by atoms with Crippen molar-refractivity contribution in [2.75, 3.05) is 13.1 Å². The Hall–Kier alpha value is -1.60. The first-order valence-electron chi connectivity index (χ1n) is 7.61. The molecule has 0 amide bonds. The van der Waals surface area contributed by atoms with Crippen molar-refractivity contribution in [3.05, 3.63) is 58.7 Å². The molecule has 0 aliphatic heterocycles. The summed E-state index contributed by atoms with van der Waals surface area (Å²) < 4.78 is 0. The molecule has 0 saturated heterocycles. The molecule has 1 atom stereocenters. The van der Waals surface area contributed by atoms with E-state index < -0.39 is 0 Å². The molecule has 1 heteroatoms. The molecule has 0 spiro atoms. The van der Waals surface area contributed by atoms with Crippen molar-refractivity contribution in [2.45, 2.75) is 33.7 Å². The van der Waals surface area contributed by atoms with E-state index >= 15 is 0 Å². The van der Waals surface area contributed by atoms with E-state index in [1.54, 1.807) is 0 Å². The summed E-state index contributed by atoms with van der Waals surface area (Å²) in [6.07, 6.45) is 0. The van der Waals surface area contributed by atoms with Crippen molar-refractivity contribution in [3.8, 4) is 11.1 Å². The van der Waals surface area contributed by atoms with Gasteiger partial charge in [0.15, 0.2) is 0 Å². The van der Waals surface area contributed by atoms with Gasteiger partial charge in [0, 0.05) is 0 Å². The first-order chi connectivity index (χ1) is 9.67. The second-order valence-corrected chi connectivity index (χ2v) is 5.75. The molecular weight excluding hydrogens is 242 g/mol. The Labute approximate surface area is 122 Å². The molecule has 0 N–H and O–H groups in total. The van der Waals surface area contributed by atoms with Gasteiger partial charge in [0.25, 0.3) is 0 Å². The van der Waals surface area contributed by atoms with Crippen LogP contribution in [0.25, 0.3) is 11.1 Å². The van der Waals surface area contributed by atoms with E-state index in [1.807, 2.05) is 0 Å². The average molecular weight is 265 g/mol. The van der Waals surface area contributed by atoms with Gasteiger partial charge in [-0.15, -0.1) is 0 Å². The fourth-order valence-corrected chi connectivity index (χ4v) is 3.67. The summed E-state index contributed by atoms with van der Waals surface area (Å²) in [6.45, 7) is 11.1. The second-order valence-electron chi connectivity index (χ2n) is 5.75. The van der Waals surface area contributed by atoms with E-state index in [-0.39, 0.29) is 0 Å². The summed E-state index contributed by atoms with van der Waals surface area (Å²) in [4.78, 5) is 2.56. The molecule has 0 heterocycles. The normalized spacial score (nSPS) is 16.4. The van der Waals surface area contributed by atoms with Crippen molar-refractivity contribution in [1.29, 1.82) is 0 Å². The van der Waals surface area contributed by atoms with Gasteiger partial charge in [0.05, 0.1) is 6.04 Å². The molecule has 0 fully saturated rings. The third kappa shape index (κ3) is 1.89. The molecule has 0 bridgehead atoms. The van der Waals surface area contributed by atoms with Gasteiger partial charge in [0.1, 0.15) is 0 Å². The zero-order valence-electron chi connectivity index (χ0n) is 12.9. The Kier molecular flexibility index (Phi) is 3.39. The van der Waals surface area contributed by atoms with E-state index in [9.17, 15) is 0 Å². The number of benzene rings is 2. The van der Waals surface area contributed by atoms with Crippen molar-refractivity contribution in [3.63, 3.8) is 0 Å². The van der Waals surface area contributed by atoms with Crippen LogP contribution in [0, 0.1) is 13.8 Å². The monoisotopic (exact) mass is 265 g/mol. The van der Waals surface area contributed by atoms with Gasteiger partial charge in [-0.1, -0.05) is 55.8 Å². The highest BCUT2D eigenvalue weighted by Gasteiger charge is 2.32. The number of rotatable bonds is 3. The van der Waals surface area contributed by atoms with Crippen LogP contribution in [0.2, 0.25) is 0 Å². The number of aryl methyl sites for hydroxylation is 2. The zero-order valence-corrected chi connectivity index (χ0v) is 12.9. The van der Waals surface area contributed by atoms with Gasteiger partial charge < -0.3 is 0 Å². The second kappa shape index (κ2) is 5.06. The van der Waals surface area contributed by atoms with Crippen LogP contribution in [-0.2, 0) is 0 Å². The molecule has 0 saturated carbocycles. The molecule has 1 aliphatic rings. The van der Waals surface area contributed by atoms with Crippen LogP contribution < -0.4 is 0 Å². The third-order valence-corrected chi connectivity index (χ3v) is 4.53. The summed E-state index contributed by atoms with van der Waals surface area (Å²) in [5.41, 5.74) is 8.63. The molecule has 0 aromatic heterocycles. The van der Waals surface area contributed by atoms with Crippen molar-refractivity contribution in [2.24, 2.45) is 0 Å². The van der Waals surface area contributed by atoms with Crippen LogP contribution in [0.4, 0.5) is 0 Å². The van der Waals surface area contributed by atoms with Crippen LogP contribution in [0.3, 0.4) is 0 Å². The molecule has 2 aromatic carbocycles. The minimum atomic E-state index is 0.428. The third-order valence-electron chi connectivity index (χ3n) is 4.53. The maximum absolute atomic E-state index is 2.56. The quantitative estimate of drug-likeness (QED) is 0.776. The molecule has 20 heavy (non-hydrogen) atoms. The van der Waals surface area contributed by atoms with Crippen LogP contribution in [-0.4, -0.2) is 18.0 Å². The molecule has 0 radical (unpaired) electrons. The van der Waals surface area contributed by atoms with Crippen LogP contribution in [0.15, 0.2) is 36.4 Å². The number of fused-ring (bicyclic) bond motifs is 3. The van der Waals surface area contributed by atoms with E-state index in [1.165, 1.54) is 33.4 Å². The topological polar surface area (TPSA) is 3.24 Å². The Balaban J connectivity index is 2.28. The van der Waals surface area contributed by atoms with E-state index in [0.29, 0.717) is 6.04 Å². The predicted molar refractivity (Wildman–Crippen MR) is 86.1 cm³/mol. The maximum atomic E-state index is 2.56. The molecule has 3 rings (SSSR count). The Morgan fingerprint density at radius 2 is 1.65 bits per heavy atom. The first-order valence-corrected chi connectivity index (χ1v) is 7.61. The Bertz CT molecular complexity index is 638. The van der Waals surface area contributed by atoms with Gasteiger partial charge in [-0.25, -0.2) is 0 Å². The molecular formula is C19H23N. The highest BCUT2D eigenvalue weighted by molar-refractivity contribution is 5.80. The number of hydrogen-bond donors (Lipinski definition) is 0. The van der Waals surface area contributed by atoms with Crippen molar-refractivity contribution < 1.29 is 0 Å². The van der Waals surface area contributed by atoms with Crippen molar-refractivity contribution >= 4 is 0 Å². The lowest BCUT2D eigenvalue weighted by Crippen LogP contribution is -2.28. The molecule has 1 nitrogen and oxygen atoms in total. The number of nitrogens with zero attached hydrogens (tertiary/aromatic N) is 1. The predicted octanol–water partition coefficient (Wildman–Crippen LogP) is 4.72. The lowest BCUT2D eigenvalue weighted by molar-refractivity contribution is 0.254. The smallest absolute Gasteiger partial charge is 0.0616 e. The van der Waals surface area contributed by atoms with E-state index in [0.717, 1.165) is 13.1 Å². The van der Waals surface area contributed by atoms with Gasteiger partial charge >= 0.3 is 0 Å². The van der Waals surface area contributed by atoms with Gasteiger partial charge in [-0.05, 0) is 54.8 Å². The lowest BCUT2D eigenvalue weighted by Gasteiger charge is -2.29. The molecule has 1 unspecified atom stereocenters. The highest BCUT2D eigenvalue weighted by atomic mass is 15.1. The minimum Gasteiger partial charge on any atom is -0.293 e. The maximum Gasteiger partial charge on any atom is 0.0616 e.